The lowest BCUT2D eigenvalue weighted by Crippen LogP contribution is -1.88. The highest BCUT2D eigenvalue weighted by Crippen LogP contribution is 1.91. The van der Waals surface area contributed by atoms with Gasteiger partial charge >= 0.3 is 0 Å². The van der Waals surface area contributed by atoms with Gasteiger partial charge in [0.05, 0.1) is 6.26 Å². The summed E-state index contributed by atoms with van der Waals surface area (Å²) in [4.78, 5) is 0. The predicted octanol–water partition coefficient (Wildman–Crippen LogP) is 5.35. The maximum Gasteiger partial charge on any atom is 0.261 e. The van der Waals surface area contributed by atoms with Gasteiger partial charge < -0.3 is 25.5 Å². The molecular formula is C26H64O8S. The van der Waals surface area contributed by atoms with E-state index in [0.717, 1.165) is 64.2 Å². The SMILES string of the molecule is CCCCCO.CCCCCO.CCCCCO.CCCCCO.CCCCCO.CS(=O)(=O)O. The molecule has 0 aliphatic heterocycles. The Balaban J connectivity index is -0.0000000722. The summed E-state index contributed by atoms with van der Waals surface area (Å²) in [6, 6.07) is 0. The van der Waals surface area contributed by atoms with Gasteiger partial charge in [-0.15, -0.1) is 0 Å². The minimum absolute atomic E-state index is 0.355. The summed E-state index contributed by atoms with van der Waals surface area (Å²) in [5, 5.41) is 41.0. The highest BCUT2D eigenvalue weighted by molar-refractivity contribution is 7.85. The van der Waals surface area contributed by atoms with E-state index in [2.05, 4.69) is 34.6 Å². The molecule has 0 amide bonds. The molecule has 0 bridgehead atoms. The third kappa shape index (κ3) is 157. The van der Waals surface area contributed by atoms with Gasteiger partial charge in [0.25, 0.3) is 10.1 Å². The van der Waals surface area contributed by atoms with Crippen LogP contribution in [-0.2, 0) is 10.1 Å². The predicted molar refractivity (Wildman–Crippen MR) is 151 cm³/mol. The van der Waals surface area contributed by atoms with Gasteiger partial charge in [-0.3, -0.25) is 4.55 Å². The van der Waals surface area contributed by atoms with Crippen molar-refractivity contribution in [1.29, 1.82) is 0 Å². The van der Waals surface area contributed by atoms with E-state index < -0.39 is 10.1 Å². The van der Waals surface area contributed by atoms with E-state index in [-0.39, 0.29) is 0 Å². The number of aliphatic hydroxyl groups is 5. The largest absolute Gasteiger partial charge is 0.396 e. The Morgan fingerprint density at radius 3 is 0.543 bits per heavy atom. The molecule has 0 aromatic rings. The maximum absolute atomic E-state index is 9.19. The summed E-state index contributed by atoms with van der Waals surface area (Å²) in [7, 11) is -3.67. The molecule has 0 radical (unpaired) electrons. The molecule has 0 aliphatic rings. The van der Waals surface area contributed by atoms with Crippen LogP contribution in [0.5, 0.6) is 0 Å². The molecule has 9 heteroatoms. The molecule has 0 aromatic heterocycles. The second-order valence-electron chi connectivity index (χ2n) is 7.89. The van der Waals surface area contributed by atoms with Gasteiger partial charge in [-0.05, 0) is 32.1 Å². The zero-order valence-electron chi connectivity index (χ0n) is 24.1. The summed E-state index contributed by atoms with van der Waals surface area (Å²) in [6.45, 7) is 12.4. The van der Waals surface area contributed by atoms with Gasteiger partial charge in [0, 0.05) is 33.0 Å². The Hall–Kier alpha value is -0.290. The number of aliphatic hydroxyl groups excluding tert-OH is 5. The van der Waals surface area contributed by atoms with Crippen LogP contribution in [0.1, 0.15) is 131 Å². The van der Waals surface area contributed by atoms with Crippen molar-refractivity contribution >= 4 is 10.1 Å². The summed E-state index contributed by atoms with van der Waals surface area (Å²) < 4.78 is 25.9. The second kappa shape index (κ2) is 54.6. The summed E-state index contributed by atoms with van der Waals surface area (Å²) in [5.74, 6) is 0. The summed E-state index contributed by atoms with van der Waals surface area (Å²) >= 11 is 0. The molecule has 0 saturated carbocycles. The van der Waals surface area contributed by atoms with Gasteiger partial charge in [-0.25, -0.2) is 0 Å². The molecule has 0 aliphatic carbocycles. The van der Waals surface area contributed by atoms with Crippen LogP contribution in [-0.4, -0.2) is 77.8 Å². The summed E-state index contributed by atoms with van der Waals surface area (Å²) in [6.07, 6.45) is 17.4. The average Bonchev–Trinajstić information content (AvgIpc) is 2.82. The van der Waals surface area contributed by atoms with Crippen molar-refractivity contribution in [3.63, 3.8) is 0 Å². The number of hydrogen-bond acceptors (Lipinski definition) is 7. The third-order valence-electron chi connectivity index (χ3n) is 3.81. The fraction of sp³-hybridized carbons (Fsp3) is 1.00. The standard InChI is InChI=1S/5C5H12O.CH4O3S/c5*1-2-3-4-5-6;1-5(2,3)4/h5*6H,2-5H2,1H3;1H3,(H,2,3,4). The Morgan fingerprint density at radius 2 is 0.514 bits per heavy atom. The summed E-state index contributed by atoms with van der Waals surface area (Å²) in [5.41, 5.74) is 0. The lowest BCUT2D eigenvalue weighted by atomic mass is 10.3. The molecule has 35 heavy (non-hydrogen) atoms. The minimum Gasteiger partial charge on any atom is -0.396 e. The van der Waals surface area contributed by atoms with E-state index in [9.17, 15) is 8.42 Å². The van der Waals surface area contributed by atoms with Crippen LogP contribution >= 0.6 is 0 Å². The molecule has 222 valence electrons. The quantitative estimate of drug-likeness (QED) is 0.121. The molecule has 6 N–H and O–H groups in total. The van der Waals surface area contributed by atoms with E-state index in [1.807, 2.05) is 0 Å². The first-order valence-electron chi connectivity index (χ1n) is 13.5. The van der Waals surface area contributed by atoms with Gasteiger partial charge in [0.1, 0.15) is 0 Å². The average molecular weight is 537 g/mol. The molecule has 0 atom stereocenters. The second-order valence-corrected chi connectivity index (χ2v) is 9.35. The minimum atomic E-state index is -3.67. The maximum atomic E-state index is 9.19. The number of hydrogen-bond donors (Lipinski definition) is 6. The van der Waals surface area contributed by atoms with E-state index in [1.54, 1.807) is 0 Å². The zero-order chi connectivity index (χ0) is 28.6. The highest BCUT2D eigenvalue weighted by atomic mass is 32.2. The third-order valence-corrected chi connectivity index (χ3v) is 3.81. The van der Waals surface area contributed by atoms with Crippen LogP contribution in [0.2, 0.25) is 0 Å². The van der Waals surface area contributed by atoms with E-state index in [0.29, 0.717) is 39.3 Å². The first kappa shape index (κ1) is 47.9. The first-order chi connectivity index (χ1) is 16.6. The monoisotopic (exact) mass is 536 g/mol. The van der Waals surface area contributed by atoms with Gasteiger partial charge in [0.2, 0.25) is 0 Å². The van der Waals surface area contributed by atoms with Gasteiger partial charge in [-0.1, -0.05) is 98.8 Å². The highest BCUT2D eigenvalue weighted by Gasteiger charge is 1.81. The van der Waals surface area contributed by atoms with E-state index in [1.165, 1.54) is 32.1 Å². The molecule has 0 fully saturated rings. The van der Waals surface area contributed by atoms with E-state index >= 15 is 0 Å². The zero-order valence-corrected chi connectivity index (χ0v) is 24.9. The molecule has 0 aromatic carbocycles. The topological polar surface area (TPSA) is 156 Å². The van der Waals surface area contributed by atoms with E-state index in [4.69, 9.17) is 30.1 Å². The molecule has 8 nitrogen and oxygen atoms in total. The van der Waals surface area contributed by atoms with Crippen molar-refractivity contribution < 1.29 is 38.5 Å². The van der Waals surface area contributed by atoms with Crippen molar-refractivity contribution in [2.75, 3.05) is 39.3 Å². The van der Waals surface area contributed by atoms with Crippen LogP contribution in [0.15, 0.2) is 0 Å². The molecule has 0 heterocycles. The van der Waals surface area contributed by atoms with Gasteiger partial charge in [0.15, 0.2) is 0 Å². The van der Waals surface area contributed by atoms with Crippen molar-refractivity contribution in [3.8, 4) is 0 Å². The Labute approximate surface area is 218 Å². The van der Waals surface area contributed by atoms with Crippen LogP contribution in [0.25, 0.3) is 0 Å². The Bertz CT molecular complexity index is 292. The van der Waals surface area contributed by atoms with Crippen molar-refractivity contribution in [1.82, 2.24) is 0 Å². The lowest BCUT2D eigenvalue weighted by molar-refractivity contribution is 0.284. The van der Waals surface area contributed by atoms with Crippen molar-refractivity contribution in [3.05, 3.63) is 0 Å². The van der Waals surface area contributed by atoms with Crippen LogP contribution in [0, 0.1) is 0 Å². The first-order valence-corrected chi connectivity index (χ1v) is 15.4. The Kier molecular flexibility index (Phi) is 74.6. The number of rotatable bonds is 15. The fourth-order valence-electron chi connectivity index (χ4n) is 1.81. The Morgan fingerprint density at radius 1 is 0.400 bits per heavy atom. The fourth-order valence-corrected chi connectivity index (χ4v) is 1.81. The smallest absolute Gasteiger partial charge is 0.261 e. The molecule has 0 unspecified atom stereocenters. The van der Waals surface area contributed by atoms with Gasteiger partial charge in [-0.2, -0.15) is 8.42 Å². The molecule has 0 spiro atoms. The number of unbranched alkanes of at least 4 members (excludes halogenated alkanes) is 10. The van der Waals surface area contributed by atoms with Crippen LogP contribution in [0.3, 0.4) is 0 Å². The molecular weight excluding hydrogens is 472 g/mol. The van der Waals surface area contributed by atoms with Crippen LogP contribution in [0.4, 0.5) is 0 Å². The van der Waals surface area contributed by atoms with Crippen molar-refractivity contribution in [2.24, 2.45) is 0 Å². The van der Waals surface area contributed by atoms with Crippen LogP contribution < -0.4 is 0 Å². The lowest BCUT2D eigenvalue weighted by Gasteiger charge is -1.85. The normalized spacial score (nSPS) is 9.37. The molecule has 0 rings (SSSR count). The molecule has 0 saturated heterocycles. The van der Waals surface area contributed by atoms with Crippen molar-refractivity contribution in [2.45, 2.75) is 131 Å².